The molecule has 0 fully saturated rings. The first-order chi connectivity index (χ1) is 3.71. The molecular weight excluding hydrogens is 191 g/mol. The molecule has 10 heavy (non-hydrogen) atoms. The summed E-state index contributed by atoms with van der Waals surface area (Å²) in [5.74, 6) is 0. The second-order valence-electron chi connectivity index (χ2n) is 1.48. The van der Waals surface area contributed by atoms with Crippen molar-refractivity contribution in [3.8, 4) is 0 Å². The average Bonchev–Trinajstić information content (AvgIpc) is 1.14. The van der Waals surface area contributed by atoms with Crippen LogP contribution in [0.15, 0.2) is 0 Å². The van der Waals surface area contributed by atoms with Gasteiger partial charge in [-0.05, 0) is 0 Å². The first kappa shape index (κ1) is 13.4. The monoisotopic (exact) mass is 198 g/mol. The van der Waals surface area contributed by atoms with E-state index >= 15 is 0 Å². The van der Waals surface area contributed by atoms with Crippen molar-refractivity contribution in [2.45, 2.75) is 0 Å². The Morgan fingerprint density at radius 2 is 1.20 bits per heavy atom. The first-order valence-electron chi connectivity index (χ1n) is 1.82. The van der Waals surface area contributed by atoms with Crippen molar-refractivity contribution < 1.29 is 51.4 Å². The molecule has 0 aliphatic heterocycles. The molecule has 8 heteroatoms. The van der Waals surface area contributed by atoms with E-state index in [4.69, 9.17) is 0 Å². The van der Waals surface area contributed by atoms with Crippen molar-refractivity contribution >= 4 is 20.2 Å². The second-order valence-corrected chi connectivity index (χ2v) is 4.84. The molecule has 0 radical (unpaired) electrons. The molecule has 5 nitrogen and oxygen atoms in total. The largest absolute Gasteiger partial charge is 1.00 e. The Morgan fingerprint density at radius 1 is 1.00 bits per heavy atom. The van der Waals surface area contributed by atoms with E-state index < -0.39 is 20.2 Å². The summed E-state index contributed by atoms with van der Waals surface area (Å²) in [6.45, 7) is 0. The molecule has 0 N–H and O–H groups in total. The maximum atomic E-state index is 10.0. The fourth-order valence-electron chi connectivity index (χ4n) is 0.225. The van der Waals surface area contributed by atoms with Gasteiger partial charge in [0.2, 0.25) is 0 Å². The van der Waals surface area contributed by atoms with Crippen molar-refractivity contribution in [1.29, 1.82) is 0 Å². The molecule has 0 saturated carbocycles. The van der Waals surface area contributed by atoms with Crippen LogP contribution in [0.3, 0.4) is 0 Å². The normalized spacial score (nSPS) is 12.2. The summed E-state index contributed by atoms with van der Waals surface area (Å²) in [5.41, 5.74) is 0. The average molecular weight is 198 g/mol. The van der Waals surface area contributed by atoms with Crippen molar-refractivity contribution in [3.63, 3.8) is 0 Å². The third-order valence-electron chi connectivity index (χ3n) is 0.247. The quantitative estimate of drug-likeness (QED) is 0.423. The van der Waals surface area contributed by atoms with Gasteiger partial charge in [-0.3, -0.25) is 0 Å². The number of hydrogen-bond donors (Lipinski definition) is 0. The van der Waals surface area contributed by atoms with Gasteiger partial charge in [-0.2, -0.15) is 16.8 Å². The van der Waals surface area contributed by atoms with Crippen LogP contribution in [-0.4, -0.2) is 29.3 Å². The summed E-state index contributed by atoms with van der Waals surface area (Å²) in [6, 6.07) is 0. The van der Waals surface area contributed by atoms with E-state index in [2.05, 4.69) is 3.63 Å². The first-order valence-corrected chi connectivity index (χ1v) is 5.45. The van der Waals surface area contributed by atoms with Gasteiger partial charge in [0.15, 0.2) is 0 Å². The van der Waals surface area contributed by atoms with Gasteiger partial charge in [0.25, 0.3) is 20.2 Å². The van der Waals surface area contributed by atoms with E-state index in [-0.39, 0.29) is 31.0 Å². The number of hydrogen-bond acceptors (Lipinski definition) is 5. The second kappa shape index (κ2) is 4.03. The third-order valence-corrected chi connectivity index (χ3v) is 2.22. The summed E-state index contributed by atoms with van der Waals surface area (Å²) < 4.78 is 43.8. The minimum absolute atomic E-state index is 0. The van der Waals surface area contributed by atoms with Gasteiger partial charge in [-0.25, -0.2) is 0 Å². The fourth-order valence-corrected chi connectivity index (χ4v) is 2.02. The van der Waals surface area contributed by atoms with Gasteiger partial charge in [-0.1, -0.05) is 0 Å². The van der Waals surface area contributed by atoms with Crippen molar-refractivity contribution in [2.24, 2.45) is 0 Å². The Labute approximate surface area is 83.8 Å². The van der Waals surface area contributed by atoms with E-state index in [0.29, 0.717) is 12.5 Å². The van der Waals surface area contributed by atoms with Crippen LogP contribution in [0.1, 0.15) is 1.43 Å². The van der Waals surface area contributed by atoms with Crippen LogP contribution in [-0.2, 0) is 23.9 Å². The fraction of sp³-hybridized carbons (Fsp3) is 1.00. The van der Waals surface area contributed by atoms with Crippen molar-refractivity contribution in [3.05, 3.63) is 0 Å². The van der Waals surface area contributed by atoms with Crippen LogP contribution in [0.25, 0.3) is 0 Å². The summed E-state index contributed by atoms with van der Waals surface area (Å²) >= 11 is 0. The Balaban J connectivity index is -0.000000320. The Bertz CT molecular complexity index is 248. The minimum Gasteiger partial charge on any atom is -1.00 e. The van der Waals surface area contributed by atoms with Crippen LogP contribution < -0.4 is 29.6 Å². The third kappa shape index (κ3) is 11.6. The van der Waals surface area contributed by atoms with Gasteiger partial charge in [0, 0.05) is 0 Å². The molecular formula is C2H7NaO5S2. The van der Waals surface area contributed by atoms with E-state index in [0.717, 1.165) is 0 Å². The van der Waals surface area contributed by atoms with Crippen LogP contribution in [0.4, 0.5) is 0 Å². The molecule has 0 heterocycles. The van der Waals surface area contributed by atoms with Crippen LogP contribution in [0.2, 0.25) is 0 Å². The topological polar surface area (TPSA) is 77.5 Å². The predicted octanol–water partition coefficient (Wildman–Crippen LogP) is -3.96. The zero-order valence-corrected chi connectivity index (χ0v) is 9.49. The molecule has 0 bridgehead atoms. The molecule has 0 spiro atoms. The van der Waals surface area contributed by atoms with Gasteiger partial charge in [-0.15, -0.1) is 3.63 Å². The molecule has 0 amide bonds. The van der Waals surface area contributed by atoms with Gasteiger partial charge < -0.3 is 1.43 Å². The van der Waals surface area contributed by atoms with Crippen molar-refractivity contribution in [1.82, 2.24) is 0 Å². The molecule has 58 valence electrons. The molecule has 0 atom stereocenters. The van der Waals surface area contributed by atoms with Crippen LogP contribution in [0.5, 0.6) is 0 Å². The summed E-state index contributed by atoms with van der Waals surface area (Å²) in [5, 5.41) is 0. The zero-order valence-electron chi connectivity index (χ0n) is 6.86. The summed E-state index contributed by atoms with van der Waals surface area (Å²) in [7, 11) is -7.74. The molecule has 0 saturated heterocycles. The minimum atomic E-state index is -3.87. The Morgan fingerprint density at radius 3 is 1.20 bits per heavy atom. The maximum absolute atomic E-state index is 10.0. The Hall–Kier alpha value is 0.860. The molecule has 0 aliphatic carbocycles. The standard InChI is InChI=1S/C2H6O5S2.Na.H/c1-8(3,4)7-9(2,5)6;;/h1-2H3;;/q;+1;-1. The maximum Gasteiger partial charge on any atom is 1.00 e. The summed E-state index contributed by atoms with van der Waals surface area (Å²) in [4.78, 5) is 0. The van der Waals surface area contributed by atoms with Gasteiger partial charge in [0.05, 0.1) is 12.5 Å². The zero-order chi connectivity index (χ0) is 7.71. The van der Waals surface area contributed by atoms with E-state index in [1.165, 1.54) is 0 Å². The molecule has 0 unspecified atom stereocenters. The van der Waals surface area contributed by atoms with Crippen molar-refractivity contribution in [2.75, 3.05) is 12.5 Å². The molecule has 0 aliphatic rings. The summed E-state index contributed by atoms with van der Waals surface area (Å²) in [6.07, 6.45) is 1.32. The molecule has 0 aromatic rings. The number of rotatable bonds is 2. The predicted molar refractivity (Wildman–Crippen MR) is 31.9 cm³/mol. The van der Waals surface area contributed by atoms with E-state index in [1.54, 1.807) is 0 Å². The van der Waals surface area contributed by atoms with E-state index in [9.17, 15) is 16.8 Å². The molecule has 0 aromatic carbocycles. The Kier molecular flexibility index (Phi) is 5.42. The smallest absolute Gasteiger partial charge is 1.00 e. The SMILES string of the molecule is CS(=O)(=O)OS(C)(=O)=O.[H-].[Na+]. The van der Waals surface area contributed by atoms with Crippen LogP contribution in [0, 0.1) is 0 Å². The molecule has 0 rings (SSSR count). The van der Waals surface area contributed by atoms with Gasteiger partial charge in [0.1, 0.15) is 0 Å². The molecule has 0 aromatic heterocycles. The van der Waals surface area contributed by atoms with Crippen LogP contribution >= 0.6 is 0 Å². The van der Waals surface area contributed by atoms with Gasteiger partial charge >= 0.3 is 29.6 Å². The van der Waals surface area contributed by atoms with E-state index in [1.807, 2.05) is 0 Å².